The van der Waals surface area contributed by atoms with E-state index in [-0.39, 0.29) is 6.10 Å². The zero-order chi connectivity index (χ0) is 15.0. The summed E-state index contributed by atoms with van der Waals surface area (Å²) in [5.41, 5.74) is 1.20. The van der Waals surface area contributed by atoms with Crippen LogP contribution in [-0.2, 0) is 18.2 Å². The predicted molar refractivity (Wildman–Crippen MR) is 80.7 cm³/mol. The number of aliphatic hydroxyl groups excluding tert-OH is 1. The molecule has 2 unspecified atom stereocenters. The van der Waals surface area contributed by atoms with Gasteiger partial charge in [0, 0.05) is 19.8 Å². The Labute approximate surface area is 122 Å². The molecule has 0 spiro atoms. The van der Waals surface area contributed by atoms with E-state index in [2.05, 4.69) is 31.2 Å². The number of aliphatic hydroxyl groups is 1. The van der Waals surface area contributed by atoms with Crippen LogP contribution in [0.5, 0.6) is 0 Å². The zero-order valence-corrected chi connectivity index (χ0v) is 13.2. The molecule has 1 aromatic rings. The van der Waals surface area contributed by atoms with Crippen molar-refractivity contribution in [3.05, 3.63) is 18.0 Å². The van der Waals surface area contributed by atoms with Gasteiger partial charge in [-0.15, -0.1) is 0 Å². The average Bonchev–Trinajstić information content (AvgIpc) is 2.77. The normalized spacial score (nSPS) is 14.7. The van der Waals surface area contributed by atoms with Gasteiger partial charge >= 0.3 is 0 Å². The lowest BCUT2D eigenvalue weighted by molar-refractivity contribution is -0.00839. The summed E-state index contributed by atoms with van der Waals surface area (Å²) < 4.78 is 7.43. The summed E-state index contributed by atoms with van der Waals surface area (Å²) in [5.74, 6) is 0.625. The van der Waals surface area contributed by atoms with E-state index < -0.39 is 6.10 Å². The third-order valence-corrected chi connectivity index (χ3v) is 3.11. The van der Waals surface area contributed by atoms with Crippen molar-refractivity contribution in [3.8, 4) is 0 Å². The number of ether oxygens (including phenoxy) is 1. The fourth-order valence-electron chi connectivity index (χ4n) is 2.17. The van der Waals surface area contributed by atoms with Gasteiger partial charge in [0.25, 0.3) is 0 Å². The molecule has 0 aliphatic rings. The van der Waals surface area contributed by atoms with Crippen LogP contribution in [0.1, 0.15) is 32.8 Å². The lowest BCUT2D eigenvalue weighted by Crippen LogP contribution is -2.32. The Morgan fingerprint density at radius 3 is 2.75 bits per heavy atom. The molecule has 2 N–H and O–H groups in total. The zero-order valence-electron chi connectivity index (χ0n) is 13.2. The van der Waals surface area contributed by atoms with Crippen molar-refractivity contribution in [2.45, 2.75) is 45.8 Å². The molecule has 0 aliphatic heterocycles. The molecule has 0 saturated heterocycles. The van der Waals surface area contributed by atoms with Gasteiger partial charge < -0.3 is 15.2 Å². The highest BCUT2D eigenvalue weighted by Gasteiger charge is 2.09. The van der Waals surface area contributed by atoms with Crippen molar-refractivity contribution in [1.82, 2.24) is 15.1 Å². The first-order valence-electron chi connectivity index (χ1n) is 7.45. The van der Waals surface area contributed by atoms with Gasteiger partial charge in [-0.1, -0.05) is 13.8 Å². The van der Waals surface area contributed by atoms with Crippen LogP contribution < -0.4 is 5.32 Å². The maximum Gasteiger partial charge on any atom is 0.0897 e. The molecule has 1 aromatic heterocycles. The minimum atomic E-state index is -0.446. The lowest BCUT2D eigenvalue weighted by Gasteiger charge is -2.18. The molecule has 0 saturated carbocycles. The smallest absolute Gasteiger partial charge is 0.0897 e. The molecular formula is C15H29N3O2. The van der Waals surface area contributed by atoms with Crippen LogP contribution in [0.4, 0.5) is 0 Å². The third-order valence-electron chi connectivity index (χ3n) is 3.11. The van der Waals surface area contributed by atoms with Crippen molar-refractivity contribution in [2.24, 2.45) is 13.0 Å². The van der Waals surface area contributed by atoms with E-state index in [0.717, 1.165) is 19.4 Å². The maximum absolute atomic E-state index is 9.83. The first kappa shape index (κ1) is 17.1. The summed E-state index contributed by atoms with van der Waals surface area (Å²) in [6.07, 6.45) is 5.59. The third kappa shape index (κ3) is 7.62. The molecule has 0 aliphatic carbocycles. The monoisotopic (exact) mass is 283 g/mol. The van der Waals surface area contributed by atoms with Crippen LogP contribution in [0.2, 0.25) is 0 Å². The summed E-state index contributed by atoms with van der Waals surface area (Å²) in [4.78, 5) is 0. The van der Waals surface area contributed by atoms with Gasteiger partial charge in [-0.25, -0.2) is 0 Å². The van der Waals surface area contributed by atoms with Crippen LogP contribution in [0, 0.1) is 5.92 Å². The molecule has 1 rings (SSSR count). The molecule has 116 valence electrons. The number of nitrogens with one attached hydrogen (secondary N) is 1. The molecule has 5 heteroatoms. The molecule has 2 atom stereocenters. The molecule has 1 heterocycles. The lowest BCUT2D eigenvalue weighted by atomic mass is 10.1. The van der Waals surface area contributed by atoms with Crippen LogP contribution >= 0.6 is 0 Å². The van der Waals surface area contributed by atoms with Gasteiger partial charge in [0.2, 0.25) is 0 Å². The van der Waals surface area contributed by atoms with E-state index in [9.17, 15) is 5.11 Å². The van der Waals surface area contributed by atoms with E-state index in [1.54, 1.807) is 4.68 Å². The van der Waals surface area contributed by atoms with E-state index in [4.69, 9.17) is 4.74 Å². The summed E-state index contributed by atoms with van der Waals surface area (Å²) >= 11 is 0. The molecule has 0 aromatic carbocycles. The topological polar surface area (TPSA) is 59.3 Å². The highest BCUT2D eigenvalue weighted by molar-refractivity contribution is 5.03. The van der Waals surface area contributed by atoms with Crippen LogP contribution in [-0.4, -0.2) is 46.8 Å². The van der Waals surface area contributed by atoms with Crippen LogP contribution in [0.3, 0.4) is 0 Å². The second-order valence-electron chi connectivity index (χ2n) is 5.90. The van der Waals surface area contributed by atoms with E-state index in [0.29, 0.717) is 19.1 Å². The Hall–Kier alpha value is -0.910. The van der Waals surface area contributed by atoms with Gasteiger partial charge in [0.1, 0.15) is 0 Å². The van der Waals surface area contributed by atoms with E-state index in [1.807, 2.05) is 19.4 Å². The number of aryl methyl sites for hydroxylation is 1. The molecule has 20 heavy (non-hydrogen) atoms. The Morgan fingerprint density at radius 1 is 1.40 bits per heavy atom. The van der Waals surface area contributed by atoms with Crippen molar-refractivity contribution >= 4 is 0 Å². The van der Waals surface area contributed by atoms with Crippen molar-refractivity contribution < 1.29 is 9.84 Å². The van der Waals surface area contributed by atoms with Crippen LogP contribution in [0.15, 0.2) is 12.4 Å². The highest BCUT2D eigenvalue weighted by Crippen LogP contribution is 2.07. The van der Waals surface area contributed by atoms with Gasteiger partial charge in [0.05, 0.1) is 25.0 Å². The number of rotatable bonds is 10. The fraction of sp³-hybridized carbons (Fsp3) is 0.800. The Balaban J connectivity index is 2.03. The first-order chi connectivity index (χ1) is 9.47. The SMILES string of the molecule is CC(C)CC(C)OCC(O)CNCCc1cnn(C)c1. The summed E-state index contributed by atoms with van der Waals surface area (Å²) in [6.45, 7) is 8.21. The number of hydrogen-bond acceptors (Lipinski definition) is 4. The van der Waals surface area contributed by atoms with Gasteiger partial charge in [0.15, 0.2) is 0 Å². The Bertz CT molecular complexity index is 366. The number of aromatic nitrogens is 2. The standard InChI is InChI=1S/C15H29N3O2/c1-12(2)7-13(3)20-11-15(19)9-16-6-5-14-8-17-18(4)10-14/h8,10,12-13,15-16,19H,5-7,9,11H2,1-4H3. The second kappa shape index (κ2) is 9.10. The minimum Gasteiger partial charge on any atom is -0.389 e. The van der Waals surface area contributed by atoms with Gasteiger partial charge in [-0.2, -0.15) is 5.10 Å². The van der Waals surface area contributed by atoms with Gasteiger partial charge in [-0.05, 0) is 37.8 Å². The van der Waals surface area contributed by atoms with Crippen molar-refractivity contribution in [1.29, 1.82) is 0 Å². The van der Waals surface area contributed by atoms with Crippen molar-refractivity contribution in [3.63, 3.8) is 0 Å². The molecule has 5 nitrogen and oxygen atoms in total. The minimum absolute atomic E-state index is 0.208. The molecule has 0 amide bonds. The van der Waals surface area contributed by atoms with Gasteiger partial charge in [-0.3, -0.25) is 4.68 Å². The summed E-state index contributed by atoms with van der Waals surface area (Å²) in [7, 11) is 1.91. The van der Waals surface area contributed by atoms with Crippen LogP contribution in [0.25, 0.3) is 0 Å². The highest BCUT2D eigenvalue weighted by atomic mass is 16.5. The Kier molecular flexibility index (Phi) is 7.80. The Morgan fingerprint density at radius 2 is 2.15 bits per heavy atom. The fourth-order valence-corrected chi connectivity index (χ4v) is 2.17. The second-order valence-corrected chi connectivity index (χ2v) is 5.90. The molecule has 0 bridgehead atoms. The van der Waals surface area contributed by atoms with Crippen molar-refractivity contribution in [2.75, 3.05) is 19.7 Å². The maximum atomic E-state index is 9.83. The largest absolute Gasteiger partial charge is 0.389 e. The first-order valence-corrected chi connectivity index (χ1v) is 7.45. The molecule has 0 fully saturated rings. The summed E-state index contributed by atoms with van der Waals surface area (Å²) in [5, 5.41) is 17.2. The predicted octanol–water partition coefficient (Wildman–Crippen LogP) is 1.36. The van der Waals surface area contributed by atoms with E-state index in [1.165, 1.54) is 5.56 Å². The van der Waals surface area contributed by atoms with E-state index >= 15 is 0 Å². The summed E-state index contributed by atoms with van der Waals surface area (Å²) in [6, 6.07) is 0. The molecular weight excluding hydrogens is 254 g/mol. The number of hydrogen-bond donors (Lipinski definition) is 2. The average molecular weight is 283 g/mol. The number of nitrogens with zero attached hydrogens (tertiary/aromatic N) is 2. The molecule has 0 radical (unpaired) electrons. The quantitative estimate of drug-likeness (QED) is 0.637.